The third-order valence-electron chi connectivity index (χ3n) is 9.05. The maximum absolute atomic E-state index is 4.69. The first-order valence-electron chi connectivity index (χ1n) is 13.6. The van der Waals surface area contributed by atoms with E-state index in [0.29, 0.717) is 0 Å². The molecule has 178 valence electrons. The first-order valence-corrected chi connectivity index (χ1v) is 13.6. The normalized spacial score (nSPS) is 22.4. The van der Waals surface area contributed by atoms with Gasteiger partial charge in [0.1, 0.15) is 0 Å². The number of hydrogen-bond acceptors (Lipinski definition) is 1. The van der Waals surface area contributed by atoms with Crippen LogP contribution in [0.15, 0.2) is 84.6 Å². The third-order valence-corrected chi connectivity index (χ3v) is 9.05. The molecule has 1 spiro atoms. The maximum atomic E-state index is 4.69. The average Bonchev–Trinajstić information content (AvgIpc) is 3.13. The first-order chi connectivity index (χ1) is 16.6. The van der Waals surface area contributed by atoms with Crippen LogP contribution in [0.3, 0.4) is 0 Å². The van der Waals surface area contributed by atoms with E-state index >= 15 is 0 Å². The molecule has 1 nitrogen and oxygen atoms in total. The molecule has 0 radical (unpaired) electrons. The van der Waals surface area contributed by atoms with Crippen molar-refractivity contribution >= 4 is 5.69 Å². The molecule has 0 unspecified atom stereocenters. The van der Waals surface area contributed by atoms with E-state index in [1.165, 1.54) is 92.3 Å². The Morgan fingerprint density at radius 1 is 0.853 bits per heavy atom. The molecule has 34 heavy (non-hydrogen) atoms. The van der Waals surface area contributed by atoms with Gasteiger partial charge in [0, 0.05) is 28.8 Å². The lowest BCUT2D eigenvalue weighted by atomic mass is 9.64. The number of anilines is 1. The van der Waals surface area contributed by atoms with Gasteiger partial charge in [-0.1, -0.05) is 99.7 Å². The van der Waals surface area contributed by atoms with Gasteiger partial charge in [0.15, 0.2) is 0 Å². The Bertz CT molecular complexity index is 1090. The molecule has 2 fully saturated rings. The summed E-state index contributed by atoms with van der Waals surface area (Å²) in [7, 11) is 0. The van der Waals surface area contributed by atoms with Crippen LogP contribution in [0.1, 0.15) is 87.8 Å². The monoisotopic (exact) mass is 451 g/mol. The number of aryl methyl sites for hydroxylation is 1. The number of nitrogens with zero attached hydrogens (tertiary/aromatic N) is 1. The van der Waals surface area contributed by atoms with Gasteiger partial charge in [0.05, 0.1) is 0 Å². The van der Waals surface area contributed by atoms with Crippen LogP contribution >= 0.6 is 0 Å². The third kappa shape index (κ3) is 3.78. The van der Waals surface area contributed by atoms with Crippen LogP contribution in [0.5, 0.6) is 0 Å². The molecule has 0 N–H and O–H groups in total. The number of likely N-dealkylation sites (N-methyl/N-ethyl adjacent to an activating group) is 1. The van der Waals surface area contributed by atoms with Crippen LogP contribution in [-0.2, 0) is 10.8 Å². The van der Waals surface area contributed by atoms with Crippen molar-refractivity contribution in [2.24, 2.45) is 0 Å². The van der Waals surface area contributed by atoms with Gasteiger partial charge in [-0.05, 0) is 73.9 Å². The Hall–Kier alpha value is -2.54. The molecule has 0 atom stereocenters. The van der Waals surface area contributed by atoms with E-state index in [1.54, 1.807) is 5.56 Å². The molecule has 0 bridgehead atoms. The Labute approximate surface area is 207 Å². The number of hydrogen-bond donors (Lipinski definition) is 0. The second kappa shape index (κ2) is 9.61. The van der Waals surface area contributed by atoms with Crippen molar-refractivity contribution in [3.05, 3.63) is 101 Å². The quantitative estimate of drug-likeness (QED) is 0.410. The fraction of sp³-hybridized carbons (Fsp3) is 0.455. The average molecular weight is 452 g/mol. The molecule has 3 aliphatic rings. The fourth-order valence-corrected chi connectivity index (χ4v) is 7.35. The highest BCUT2D eigenvalue weighted by atomic mass is 15.2. The molecular weight excluding hydrogens is 410 g/mol. The number of rotatable bonds is 5. The van der Waals surface area contributed by atoms with E-state index in [2.05, 4.69) is 92.1 Å². The highest BCUT2D eigenvalue weighted by Crippen LogP contribution is 2.55. The standard InChI is InChI=1S/C33H41N/c1-4-34-30-20-10-9-19-29(30)33(24-13-6-14-25-33)31(34)21-15-17-27(3)32(22-11-5-12-23-32)28-18-8-7-16-26(28)2/h7-10,15-21H,3-6,11-14,22-25H2,1-2H3/b17-15+,31-21-. The molecular formula is C33H41N. The van der Waals surface area contributed by atoms with Crippen molar-refractivity contribution in [3.8, 4) is 0 Å². The summed E-state index contributed by atoms with van der Waals surface area (Å²) in [5.74, 6) is 0. The summed E-state index contributed by atoms with van der Waals surface area (Å²) >= 11 is 0. The van der Waals surface area contributed by atoms with E-state index in [4.69, 9.17) is 0 Å². The van der Waals surface area contributed by atoms with Crippen LogP contribution in [0, 0.1) is 6.92 Å². The fourth-order valence-electron chi connectivity index (χ4n) is 7.35. The van der Waals surface area contributed by atoms with Crippen molar-refractivity contribution in [1.82, 2.24) is 0 Å². The molecule has 1 heteroatoms. The van der Waals surface area contributed by atoms with Crippen LogP contribution in [0.2, 0.25) is 0 Å². The lowest BCUT2D eigenvalue weighted by molar-refractivity contribution is 0.344. The van der Waals surface area contributed by atoms with Crippen LogP contribution < -0.4 is 4.90 Å². The van der Waals surface area contributed by atoms with Gasteiger partial charge >= 0.3 is 0 Å². The van der Waals surface area contributed by atoms with Gasteiger partial charge in [0.25, 0.3) is 0 Å². The van der Waals surface area contributed by atoms with E-state index in [1.807, 2.05) is 0 Å². The molecule has 0 saturated heterocycles. The molecule has 5 rings (SSSR count). The lowest BCUT2D eigenvalue weighted by Crippen LogP contribution is -2.33. The van der Waals surface area contributed by atoms with Gasteiger partial charge in [-0.25, -0.2) is 0 Å². The van der Waals surface area contributed by atoms with E-state index in [9.17, 15) is 0 Å². The lowest BCUT2D eigenvalue weighted by Gasteiger charge is -2.40. The molecule has 2 aliphatic carbocycles. The minimum Gasteiger partial charge on any atom is -0.344 e. The van der Waals surface area contributed by atoms with Gasteiger partial charge in [0.2, 0.25) is 0 Å². The van der Waals surface area contributed by atoms with Gasteiger partial charge < -0.3 is 4.90 Å². The maximum Gasteiger partial charge on any atom is 0.0450 e. The van der Waals surface area contributed by atoms with Crippen molar-refractivity contribution in [2.45, 2.75) is 88.9 Å². The summed E-state index contributed by atoms with van der Waals surface area (Å²) in [5, 5.41) is 0. The van der Waals surface area contributed by atoms with Crippen LogP contribution in [0.4, 0.5) is 5.69 Å². The SMILES string of the molecule is C=C(/C=C/C=C1\N(CC)c2ccccc2C12CCCCC2)C1(c2ccccc2C)CCCCC1. The highest BCUT2D eigenvalue weighted by Gasteiger charge is 2.46. The predicted octanol–water partition coefficient (Wildman–Crippen LogP) is 8.94. The topological polar surface area (TPSA) is 3.24 Å². The summed E-state index contributed by atoms with van der Waals surface area (Å²) < 4.78 is 0. The Morgan fingerprint density at radius 2 is 1.47 bits per heavy atom. The summed E-state index contributed by atoms with van der Waals surface area (Å²) in [4.78, 5) is 2.57. The van der Waals surface area contributed by atoms with Crippen LogP contribution in [0.25, 0.3) is 0 Å². The zero-order chi connectivity index (χ0) is 23.6. The van der Waals surface area contributed by atoms with Gasteiger partial charge in [-0.3, -0.25) is 0 Å². The van der Waals surface area contributed by atoms with Gasteiger partial charge in [-0.15, -0.1) is 0 Å². The Morgan fingerprint density at radius 3 is 2.15 bits per heavy atom. The molecule has 1 aliphatic heterocycles. The molecule has 2 aromatic carbocycles. The number of para-hydroxylation sites is 1. The smallest absolute Gasteiger partial charge is 0.0450 e. The summed E-state index contributed by atoms with van der Waals surface area (Å²) in [6.45, 7) is 10.3. The Kier molecular flexibility index (Phi) is 6.56. The van der Waals surface area contributed by atoms with Crippen molar-refractivity contribution in [2.75, 3.05) is 11.4 Å². The minimum absolute atomic E-state index is 0.0875. The van der Waals surface area contributed by atoms with Crippen molar-refractivity contribution in [1.29, 1.82) is 0 Å². The van der Waals surface area contributed by atoms with E-state index in [0.717, 1.165) is 6.54 Å². The molecule has 1 heterocycles. The van der Waals surface area contributed by atoms with E-state index < -0.39 is 0 Å². The molecule has 0 aromatic heterocycles. The zero-order valence-corrected chi connectivity index (χ0v) is 21.3. The number of fused-ring (bicyclic) bond motifs is 2. The Balaban J connectivity index is 1.51. The predicted molar refractivity (Wildman–Crippen MR) is 147 cm³/mol. The van der Waals surface area contributed by atoms with Gasteiger partial charge in [-0.2, -0.15) is 0 Å². The zero-order valence-electron chi connectivity index (χ0n) is 21.3. The largest absolute Gasteiger partial charge is 0.344 e. The first kappa shape index (κ1) is 23.2. The molecule has 2 aromatic rings. The van der Waals surface area contributed by atoms with Crippen molar-refractivity contribution < 1.29 is 0 Å². The summed E-state index contributed by atoms with van der Waals surface area (Å²) in [5.41, 5.74) is 8.95. The highest BCUT2D eigenvalue weighted by molar-refractivity contribution is 5.71. The van der Waals surface area contributed by atoms with Crippen molar-refractivity contribution in [3.63, 3.8) is 0 Å². The second-order valence-corrected chi connectivity index (χ2v) is 10.8. The minimum atomic E-state index is 0.0875. The molecule has 2 saturated carbocycles. The second-order valence-electron chi connectivity index (χ2n) is 10.8. The summed E-state index contributed by atoms with van der Waals surface area (Å²) in [6, 6.07) is 18.1. The number of allylic oxidation sites excluding steroid dienone is 5. The number of benzene rings is 2. The summed E-state index contributed by atoms with van der Waals surface area (Å²) in [6.07, 6.45) is 20.1. The van der Waals surface area contributed by atoms with Crippen LogP contribution in [-0.4, -0.2) is 6.54 Å². The van der Waals surface area contributed by atoms with E-state index in [-0.39, 0.29) is 10.8 Å². The molecule has 0 amide bonds.